The Kier molecular flexibility index (Phi) is 3.08. The minimum absolute atomic E-state index is 0.437. The molecular formula is C13H12O3. The highest BCUT2D eigenvalue weighted by atomic mass is 17.1. The van der Waals surface area contributed by atoms with E-state index in [-0.39, 0.29) is 0 Å². The first-order valence-corrected chi connectivity index (χ1v) is 4.98. The van der Waals surface area contributed by atoms with Crippen LogP contribution < -0.4 is 4.89 Å². The van der Waals surface area contributed by atoms with Crippen molar-refractivity contribution in [2.24, 2.45) is 0 Å². The van der Waals surface area contributed by atoms with E-state index in [9.17, 15) is 0 Å². The molecule has 0 fully saturated rings. The van der Waals surface area contributed by atoms with Gasteiger partial charge in [-0.15, -0.1) is 0 Å². The van der Waals surface area contributed by atoms with Gasteiger partial charge >= 0.3 is 0 Å². The van der Waals surface area contributed by atoms with Crippen LogP contribution in [0.1, 0.15) is 5.56 Å². The molecule has 0 saturated heterocycles. The maximum atomic E-state index is 8.75. The predicted octanol–water partition coefficient (Wildman–Crippen LogP) is 3.31. The maximum Gasteiger partial charge on any atom is 0.172 e. The van der Waals surface area contributed by atoms with Crippen molar-refractivity contribution in [3.05, 3.63) is 54.3 Å². The van der Waals surface area contributed by atoms with Gasteiger partial charge in [0.2, 0.25) is 0 Å². The molecule has 82 valence electrons. The molecule has 0 bridgehead atoms. The Bertz CT molecular complexity index is 518. The van der Waals surface area contributed by atoms with Gasteiger partial charge in [-0.2, -0.15) is 0 Å². The van der Waals surface area contributed by atoms with E-state index in [4.69, 9.17) is 10.4 Å². The summed E-state index contributed by atoms with van der Waals surface area (Å²) in [5.41, 5.74) is 1.07. The molecule has 3 heteroatoms. The first-order valence-electron chi connectivity index (χ1n) is 4.98. The van der Waals surface area contributed by atoms with E-state index in [1.807, 2.05) is 30.3 Å². The number of fused-ring (bicyclic) bond motifs is 1. The minimum Gasteiger partial charge on any atom is -0.516 e. The second kappa shape index (κ2) is 4.68. The average molecular weight is 216 g/mol. The summed E-state index contributed by atoms with van der Waals surface area (Å²) in [6, 6.07) is 11.2. The molecule has 0 aliphatic rings. The lowest BCUT2D eigenvalue weighted by Gasteiger charge is -2.06. The lowest BCUT2D eigenvalue weighted by Crippen LogP contribution is -1.89. The van der Waals surface area contributed by atoms with E-state index in [1.165, 1.54) is 0 Å². The second-order valence-corrected chi connectivity index (χ2v) is 3.45. The molecule has 0 radical (unpaired) electrons. The van der Waals surface area contributed by atoms with Crippen LogP contribution in [0, 0.1) is 0 Å². The van der Waals surface area contributed by atoms with E-state index < -0.39 is 0 Å². The SMILES string of the molecule is O/C=C/Cc1cccc2c(OO)cccc12. The van der Waals surface area contributed by atoms with Gasteiger partial charge in [-0.3, -0.25) is 0 Å². The Labute approximate surface area is 93.1 Å². The highest BCUT2D eigenvalue weighted by Crippen LogP contribution is 2.27. The van der Waals surface area contributed by atoms with Crippen molar-refractivity contribution in [3.63, 3.8) is 0 Å². The number of hydrogen-bond donors (Lipinski definition) is 2. The molecule has 3 nitrogen and oxygen atoms in total. The topological polar surface area (TPSA) is 49.7 Å². The van der Waals surface area contributed by atoms with Gasteiger partial charge in [-0.1, -0.05) is 30.3 Å². The van der Waals surface area contributed by atoms with Crippen molar-refractivity contribution in [3.8, 4) is 5.75 Å². The third-order valence-electron chi connectivity index (χ3n) is 2.51. The van der Waals surface area contributed by atoms with Crippen molar-refractivity contribution >= 4 is 10.8 Å². The molecule has 2 aromatic rings. The van der Waals surface area contributed by atoms with Gasteiger partial charge < -0.3 is 9.99 Å². The van der Waals surface area contributed by atoms with Crippen molar-refractivity contribution in [2.75, 3.05) is 0 Å². The van der Waals surface area contributed by atoms with Crippen LogP contribution in [0.4, 0.5) is 0 Å². The summed E-state index contributed by atoms with van der Waals surface area (Å²) in [5.74, 6) is 0.437. The smallest absolute Gasteiger partial charge is 0.172 e. The van der Waals surface area contributed by atoms with Gasteiger partial charge in [0.1, 0.15) is 0 Å². The summed E-state index contributed by atoms with van der Waals surface area (Å²) in [6.07, 6.45) is 3.34. The van der Waals surface area contributed by atoms with Gasteiger partial charge in [0.05, 0.1) is 6.26 Å². The van der Waals surface area contributed by atoms with E-state index in [2.05, 4.69) is 4.89 Å². The van der Waals surface area contributed by atoms with Crippen molar-refractivity contribution in [1.29, 1.82) is 0 Å². The van der Waals surface area contributed by atoms with Crippen molar-refractivity contribution in [2.45, 2.75) is 6.42 Å². The zero-order valence-corrected chi connectivity index (χ0v) is 8.63. The molecule has 2 rings (SSSR count). The molecule has 2 N–H and O–H groups in total. The van der Waals surface area contributed by atoms with Crippen LogP contribution in [0.5, 0.6) is 5.75 Å². The Morgan fingerprint density at radius 1 is 1.06 bits per heavy atom. The summed E-state index contributed by atoms with van der Waals surface area (Å²) < 4.78 is 0. The quantitative estimate of drug-likeness (QED) is 0.470. The Hall–Kier alpha value is -2.00. The molecule has 0 amide bonds. The fraction of sp³-hybridized carbons (Fsp3) is 0.0769. The monoisotopic (exact) mass is 216 g/mol. The maximum absolute atomic E-state index is 8.75. The number of benzene rings is 2. The largest absolute Gasteiger partial charge is 0.516 e. The zero-order chi connectivity index (χ0) is 11.4. The summed E-state index contributed by atoms with van der Waals surface area (Å²) in [5, 5.41) is 19.3. The molecular weight excluding hydrogens is 204 g/mol. The van der Waals surface area contributed by atoms with Gasteiger partial charge in [0.15, 0.2) is 5.75 Å². The Morgan fingerprint density at radius 3 is 2.56 bits per heavy atom. The summed E-state index contributed by atoms with van der Waals surface area (Å²) in [6.45, 7) is 0. The molecule has 0 aliphatic heterocycles. The molecule has 0 aromatic heterocycles. The molecule has 0 atom stereocenters. The number of allylic oxidation sites excluding steroid dienone is 1. The summed E-state index contributed by atoms with van der Waals surface area (Å²) >= 11 is 0. The van der Waals surface area contributed by atoms with E-state index in [0.717, 1.165) is 22.6 Å². The fourth-order valence-corrected chi connectivity index (χ4v) is 1.78. The van der Waals surface area contributed by atoms with Crippen molar-refractivity contribution < 1.29 is 15.3 Å². The Morgan fingerprint density at radius 2 is 1.81 bits per heavy atom. The zero-order valence-electron chi connectivity index (χ0n) is 8.63. The van der Waals surface area contributed by atoms with Crippen LogP contribution in [0.2, 0.25) is 0 Å². The first-order chi connectivity index (χ1) is 7.86. The molecule has 0 heterocycles. The lowest BCUT2D eigenvalue weighted by molar-refractivity contribution is -0.136. The molecule has 0 spiro atoms. The number of aliphatic hydroxyl groups is 1. The molecule has 2 aromatic carbocycles. The lowest BCUT2D eigenvalue weighted by atomic mass is 10.0. The van der Waals surface area contributed by atoms with Crippen LogP contribution in [-0.4, -0.2) is 10.4 Å². The highest BCUT2D eigenvalue weighted by Gasteiger charge is 2.04. The third kappa shape index (κ3) is 1.85. The average Bonchev–Trinajstić information content (AvgIpc) is 2.35. The van der Waals surface area contributed by atoms with E-state index in [0.29, 0.717) is 12.2 Å². The fourth-order valence-electron chi connectivity index (χ4n) is 1.78. The number of hydrogen-bond acceptors (Lipinski definition) is 3. The summed E-state index contributed by atoms with van der Waals surface area (Å²) in [4.78, 5) is 4.32. The highest BCUT2D eigenvalue weighted by molar-refractivity contribution is 5.91. The van der Waals surface area contributed by atoms with Crippen LogP contribution in [0.3, 0.4) is 0 Å². The van der Waals surface area contributed by atoms with Gasteiger partial charge in [-0.05, 0) is 29.5 Å². The van der Waals surface area contributed by atoms with E-state index in [1.54, 1.807) is 12.1 Å². The predicted molar refractivity (Wildman–Crippen MR) is 62.7 cm³/mol. The van der Waals surface area contributed by atoms with Crippen LogP contribution >= 0.6 is 0 Å². The minimum atomic E-state index is 0.437. The standard InChI is InChI=1S/C13H12O3/c14-9-3-5-10-4-1-7-12-11(10)6-2-8-13(12)16-15/h1-4,6-9,14-15H,5H2/b9-3+. The van der Waals surface area contributed by atoms with Crippen LogP contribution in [-0.2, 0) is 6.42 Å². The van der Waals surface area contributed by atoms with E-state index >= 15 is 0 Å². The molecule has 0 aliphatic carbocycles. The second-order valence-electron chi connectivity index (χ2n) is 3.45. The van der Waals surface area contributed by atoms with Gasteiger partial charge in [0, 0.05) is 5.39 Å². The first kappa shape index (κ1) is 10.5. The van der Waals surface area contributed by atoms with Crippen molar-refractivity contribution in [1.82, 2.24) is 0 Å². The molecule has 16 heavy (non-hydrogen) atoms. The summed E-state index contributed by atoms with van der Waals surface area (Å²) in [7, 11) is 0. The van der Waals surface area contributed by atoms with Crippen LogP contribution in [0.25, 0.3) is 10.8 Å². The molecule has 0 saturated carbocycles. The van der Waals surface area contributed by atoms with Gasteiger partial charge in [-0.25, -0.2) is 5.26 Å². The Balaban J connectivity index is 2.59. The number of rotatable bonds is 3. The third-order valence-corrected chi connectivity index (χ3v) is 2.51. The molecule has 0 unspecified atom stereocenters. The van der Waals surface area contributed by atoms with Crippen LogP contribution in [0.15, 0.2) is 48.7 Å². The number of aliphatic hydroxyl groups excluding tert-OH is 1. The van der Waals surface area contributed by atoms with Gasteiger partial charge in [0.25, 0.3) is 0 Å². The normalized spacial score (nSPS) is 11.1.